The van der Waals surface area contributed by atoms with Crippen molar-refractivity contribution in [2.75, 3.05) is 54.5 Å². The number of ketones is 1. The molecule has 0 atom stereocenters. The summed E-state index contributed by atoms with van der Waals surface area (Å²) in [6.45, 7) is 0.614. The number of hydrogen-bond acceptors (Lipinski definition) is 11. The van der Waals surface area contributed by atoms with Crippen LogP contribution in [0.4, 0.5) is 20.2 Å². The van der Waals surface area contributed by atoms with E-state index in [0.29, 0.717) is 55.8 Å². The summed E-state index contributed by atoms with van der Waals surface area (Å²) in [6, 6.07) is 35.3. The maximum absolute atomic E-state index is 13.5. The SMILES string of the molecule is CCC(=O)c1c(-c2ccc(F)cc2)oc2cc(N(CCO)S(C)(=O)=O)c(-c3ccccc3)cc12.CN.CS(=O)(=O)N(CCO)c1cc2oc(-c3ccc(F)cc3)c(C(=O)O)c2cc1-c1ccccc1. The number of aliphatic hydroxyl groups is 2. The lowest BCUT2D eigenvalue weighted by atomic mass is 9.96. The summed E-state index contributed by atoms with van der Waals surface area (Å²) in [6.07, 6.45) is 2.32. The molecular formula is C51H49F2N3O11S2. The number of nitrogens with zero attached hydrogens (tertiary/aromatic N) is 2. The predicted molar refractivity (Wildman–Crippen MR) is 264 cm³/mol. The highest BCUT2D eigenvalue weighted by Gasteiger charge is 2.29. The van der Waals surface area contributed by atoms with E-state index >= 15 is 0 Å². The van der Waals surface area contributed by atoms with Gasteiger partial charge in [0.15, 0.2) is 5.78 Å². The second kappa shape index (κ2) is 21.8. The van der Waals surface area contributed by atoms with Crippen LogP contribution in [-0.2, 0) is 20.0 Å². The highest BCUT2D eigenvalue weighted by Crippen LogP contribution is 2.43. The van der Waals surface area contributed by atoms with Crippen LogP contribution >= 0.6 is 0 Å². The minimum absolute atomic E-state index is 0.0294. The zero-order valence-corrected chi connectivity index (χ0v) is 39.5. The van der Waals surface area contributed by atoms with Gasteiger partial charge in [0.2, 0.25) is 20.0 Å². The van der Waals surface area contributed by atoms with Crippen LogP contribution in [0.2, 0.25) is 0 Å². The summed E-state index contributed by atoms with van der Waals surface area (Å²) in [4.78, 5) is 25.2. The topological polar surface area (TPSA) is 222 Å². The number of aromatic carboxylic acids is 1. The van der Waals surface area contributed by atoms with Gasteiger partial charge in [-0.1, -0.05) is 67.6 Å². The quantitative estimate of drug-likeness (QED) is 0.0706. The predicted octanol–water partition coefficient (Wildman–Crippen LogP) is 9.19. The van der Waals surface area contributed by atoms with Gasteiger partial charge >= 0.3 is 5.97 Å². The zero-order chi connectivity index (χ0) is 50.2. The Kier molecular flexibility index (Phi) is 16.2. The third kappa shape index (κ3) is 11.2. The van der Waals surface area contributed by atoms with E-state index < -0.39 is 44.3 Å². The van der Waals surface area contributed by atoms with Crippen LogP contribution in [0.5, 0.6) is 0 Å². The number of carboxylic acids is 1. The van der Waals surface area contributed by atoms with Gasteiger partial charge in [0.25, 0.3) is 0 Å². The van der Waals surface area contributed by atoms with Crippen molar-refractivity contribution in [3.8, 4) is 44.9 Å². The zero-order valence-electron chi connectivity index (χ0n) is 37.9. The third-order valence-corrected chi connectivity index (χ3v) is 13.1. The Balaban J connectivity index is 0.000000219. The van der Waals surface area contributed by atoms with Crippen molar-refractivity contribution < 1.29 is 59.4 Å². The summed E-state index contributed by atoms with van der Waals surface area (Å²) >= 11 is 0. The van der Waals surface area contributed by atoms with Gasteiger partial charge in [0.05, 0.1) is 55.8 Å². The number of rotatable bonds is 15. The Labute approximate surface area is 397 Å². The Morgan fingerprint density at radius 3 is 1.26 bits per heavy atom. The maximum Gasteiger partial charge on any atom is 0.340 e. The molecule has 0 aliphatic carbocycles. The lowest BCUT2D eigenvalue weighted by Gasteiger charge is -2.24. The molecule has 69 heavy (non-hydrogen) atoms. The molecule has 2 aromatic heterocycles. The molecule has 0 unspecified atom stereocenters. The lowest BCUT2D eigenvalue weighted by Crippen LogP contribution is -2.33. The van der Waals surface area contributed by atoms with Crippen molar-refractivity contribution in [3.05, 3.63) is 156 Å². The first-order valence-electron chi connectivity index (χ1n) is 21.3. The van der Waals surface area contributed by atoms with Gasteiger partial charge < -0.3 is 29.9 Å². The maximum atomic E-state index is 13.5. The van der Waals surface area contributed by atoms with Crippen LogP contribution in [0, 0.1) is 11.6 Å². The van der Waals surface area contributed by atoms with Gasteiger partial charge in [-0.25, -0.2) is 30.4 Å². The largest absolute Gasteiger partial charge is 0.478 e. The minimum Gasteiger partial charge on any atom is -0.478 e. The fourth-order valence-electron chi connectivity index (χ4n) is 7.76. The molecule has 0 saturated carbocycles. The summed E-state index contributed by atoms with van der Waals surface area (Å²) < 4.78 is 91.4. The van der Waals surface area contributed by atoms with Crippen molar-refractivity contribution in [3.63, 3.8) is 0 Å². The van der Waals surface area contributed by atoms with Gasteiger partial charge in [-0.05, 0) is 78.8 Å². The molecule has 18 heteroatoms. The molecule has 0 spiro atoms. The van der Waals surface area contributed by atoms with Crippen LogP contribution in [0.1, 0.15) is 34.1 Å². The number of carbonyl (C=O) groups excluding carboxylic acids is 1. The Hall–Kier alpha value is -7.22. The second-order valence-electron chi connectivity index (χ2n) is 15.3. The van der Waals surface area contributed by atoms with Gasteiger partial charge in [-0.3, -0.25) is 13.4 Å². The van der Waals surface area contributed by atoms with Crippen LogP contribution in [0.15, 0.2) is 142 Å². The molecule has 2 heterocycles. The van der Waals surface area contributed by atoms with E-state index in [1.54, 1.807) is 55.5 Å². The van der Waals surface area contributed by atoms with Crippen molar-refractivity contribution in [2.24, 2.45) is 5.73 Å². The number of carboxylic acid groups (broad SMARTS) is 1. The molecule has 6 aromatic carbocycles. The van der Waals surface area contributed by atoms with Crippen molar-refractivity contribution in [1.29, 1.82) is 0 Å². The van der Waals surface area contributed by atoms with E-state index in [1.807, 2.05) is 30.3 Å². The van der Waals surface area contributed by atoms with Crippen molar-refractivity contribution in [1.82, 2.24) is 0 Å². The average molecular weight is 982 g/mol. The van der Waals surface area contributed by atoms with E-state index in [9.17, 15) is 50.5 Å². The molecule has 0 saturated heterocycles. The van der Waals surface area contributed by atoms with Gasteiger partial charge in [-0.15, -0.1) is 0 Å². The molecule has 8 rings (SSSR count). The molecule has 0 bridgehead atoms. The summed E-state index contributed by atoms with van der Waals surface area (Å²) in [5, 5.41) is 29.8. The molecule has 8 aromatic rings. The van der Waals surface area contributed by atoms with Crippen molar-refractivity contribution in [2.45, 2.75) is 13.3 Å². The van der Waals surface area contributed by atoms with Gasteiger partial charge in [-0.2, -0.15) is 0 Å². The standard InChI is InChI=1S/C26H24FNO5S.C24H20FNO6S.CH5N/c1-3-23(30)25-21-15-20(17-7-5-4-6-8-17)22(28(13-14-29)34(2,31)32)16-24(21)33-26(25)18-9-11-19(27)12-10-18;1-33(30,31)26(11-12-27)20-14-21-19(13-18(20)15-5-3-2-4-6-15)22(24(28)29)23(32-21)16-7-9-17(25)10-8-16;1-2/h4-12,15-16,29H,3,13-14H2,1-2H3;2-10,13-14,27H,11-12H2,1H3,(H,28,29);2H2,1H3. The van der Waals surface area contributed by atoms with Gasteiger partial charge in [0, 0.05) is 51.6 Å². The summed E-state index contributed by atoms with van der Waals surface area (Å²) in [7, 11) is -6.02. The first-order chi connectivity index (χ1) is 32.9. The number of Topliss-reactive ketones (excluding diaryl/α,β-unsaturated/α-hetero) is 1. The number of fused-ring (bicyclic) bond motifs is 2. The molecule has 0 radical (unpaired) electrons. The first kappa shape index (κ1) is 51.2. The number of nitrogens with two attached hydrogens (primary N) is 1. The van der Waals surface area contributed by atoms with Crippen LogP contribution in [0.25, 0.3) is 66.8 Å². The Morgan fingerprint density at radius 1 is 0.565 bits per heavy atom. The minimum atomic E-state index is -3.78. The molecule has 0 aliphatic heterocycles. The number of furan rings is 2. The molecule has 360 valence electrons. The molecular weight excluding hydrogens is 933 g/mol. The lowest BCUT2D eigenvalue weighted by molar-refractivity contribution is 0.0698. The summed E-state index contributed by atoms with van der Waals surface area (Å²) in [5.74, 6) is -1.96. The molecule has 14 nitrogen and oxygen atoms in total. The number of anilines is 2. The third-order valence-electron chi connectivity index (χ3n) is 10.8. The normalized spacial score (nSPS) is 11.4. The smallest absolute Gasteiger partial charge is 0.340 e. The van der Waals surface area contributed by atoms with Crippen molar-refractivity contribution >= 4 is 65.1 Å². The van der Waals surface area contributed by atoms with Gasteiger partial charge in [0.1, 0.15) is 39.9 Å². The number of carbonyl (C=O) groups is 2. The monoisotopic (exact) mass is 981 g/mol. The second-order valence-corrected chi connectivity index (χ2v) is 19.1. The van der Waals surface area contributed by atoms with E-state index in [0.717, 1.165) is 26.7 Å². The number of aliphatic hydroxyl groups excluding tert-OH is 2. The van der Waals surface area contributed by atoms with E-state index in [4.69, 9.17) is 8.83 Å². The van der Waals surface area contributed by atoms with Crippen LogP contribution in [0.3, 0.4) is 0 Å². The number of halogens is 2. The Morgan fingerprint density at radius 2 is 0.928 bits per heavy atom. The fourth-order valence-corrected chi connectivity index (χ4v) is 9.60. The summed E-state index contributed by atoms with van der Waals surface area (Å²) in [5.41, 5.74) is 9.09. The molecule has 0 amide bonds. The number of hydrogen-bond donors (Lipinski definition) is 4. The average Bonchev–Trinajstić information content (AvgIpc) is 3.91. The van der Waals surface area contributed by atoms with Crippen LogP contribution in [-0.4, -0.2) is 89.8 Å². The fraction of sp³-hybridized carbons (Fsp3) is 0.176. The molecule has 0 aliphatic rings. The number of sulfonamides is 2. The highest BCUT2D eigenvalue weighted by molar-refractivity contribution is 7.92. The Bertz CT molecular complexity index is 3330. The van der Waals surface area contributed by atoms with E-state index in [-0.39, 0.29) is 59.9 Å². The number of benzene rings is 6. The first-order valence-corrected chi connectivity index (χ1v) is 25.0. The van der Waals surface area contributed by atoms with E-state index in [1.165, 1.54) is 61.6 Å². The molecule has 5 N–H and O–H groups in total. The van der Waals surface area contributed by atoms with Crippen LogP contribution < -0.4 is 14.3 Å². The highest BCUT2D eigenvalue weighted by atomic mass is 32.2. The molecule has 0 fully saturated rings. The van der Waals surface area contributed by atoms with E-state index in [2.05, 4.69) is 5.73 Å².